The Bertz CT molecular complexity index is 1270. The highest BCUT2D eigenvalue weighted by Crippen LogP contribution is 2.21. The molecule has 2 N–H and O–H groups in total. The number of amides is 1. The Kier molecular flexibility index (Phi) is 6.04. The van der Waals surface area contributed by atoms with Crippen molar-refractivity contribution in [3.8, 4) is 0 Å². The molecule has 10 nitrogen and oxygen atoms in total. The number of carbonyl (C=O) groups is 1. The summed E-state index contributed by atoms with van der Waals surface area (Å²) < 4.78 is 1.17. The maximum atomic E-state index is 12.4. The normalized spacial score (nSPS) is 14.7. The standard InChI is InChI=1S/C22H27N7O3/c1-4-29-21(31)16-12-24-15(11-18(16)26-22(29)32)13-27-7-9-28(10-8-27)19-6-5-17(20(30)23-3)25-14(19)2/h5-6,11-12H,4,7-10,13H2,1-3H3,(H,23,30)(H,26,32). The van der Waals surface area contributed by atoms with Crippen molar-refractivity contribution in [2.45, 2.75) is 26.9 Å². The molecule has 1 aliphatic rings. The summed E-state index contributed by atoms with van der Waals surface area (Å²) in [5, 5.41) is 3.01. The summed E-state index contributed by atoms with van der Waals surface area (Å²) in [7, 11) is 1.59. The monoisotopic (exact) mass is 437 g/mol. The topological polar surface area (TPSA) is 116 Å². The molecular formula is C22H27N7O3. The van der Waals surface area contributed by atoms with Crippen LogP contribution in [-0.2, 0) is 13.1 Å². The van der Waals surface area contributed by atoms with Gasteiger partial charge in [0.1, 0.15) is 5.69 Å². The fourth-order valence-electron chi connectivity index (χ4n) is 4.08. The second-order valence-corrected chi connectivity index (χ2v) is 7.84. The van der Waals surface area contributed by atoms with Crippen LogP contribution in [0.5, 0.6) is 0 Å². The van der Waals surface area contributed by atoms with Gasteiger partial charge >= 0.3 is 5.69 Å². The van der Waals surface area contributed by atoms with Crippen molar-refractivity contribution >= 4 is 22.5 Å². The molecule has 168 valence electrons. The molecule has 32 heavy (non-hydrogen) atoms. The number of nitrogens with zero attached hydrogens (tertiary/aromatic N) is 5. The summed E-state index contributed by atoms with van der Waals surface area (Å²) in [6, 6.07) is 5.49. The quantitative estimate of drug-likeness (QED) is 0.597. The van der Waals surface area contributed by atoms with Gasteiger partial charge in [0, 0.05) is 52.5 Å². The summed E-state index contributed by atoms with van der Waals surface area (Å²) in [6.07, 6.45) is 1.55. The van der Waals surface area contributed by atoms with Crippen molar-refractivity contribution < 1.29 is 4.79 Å². The molecule has 1 aliphatic heterocycles. The van der Waals surface area contributed by atoms with E-state index in [1.54, 1.807) is 32.3 Å². The maximum Gasteiger partial charge on any atom is 0.328 e. The lowest BCUT2D eigenvalue weighted by Crippen LogP contribution is -2.46. The van der Waals surface area contributed by atoms with E-state index in [9.17, 15) is 14.4 Å². The summed E-state index contributed by atoms with van der Waals surface area (Å²) in [5.74, 6) is -0.192. The van der Waals surface area contributed by atoms with Crippen molar-refractivity contribution in [3.05, 3.63) is 62.3 Å². The molecule has 0 unspecified atom stereocenters. The zero-order valence-corrected chi connectivity index (χ0v) is 18.5. The number of pyridine rings is 2. The summed E-state index contributed by atoms with van der Waals surface area (Å²) >= 11 is 0. The van der Waals surface area contributed by atoms with E-state index in [-0.39, 0.29) is 11.5 Å². The Morgan fingerprint density at radius 2 is 1.94 bits per heavy atom. The van der Waals surface area contributed by atoms with Gasteiger partial charge in [-0.05, 0) is 32.0 Å². The molecule has 0 spiro atoms. The zero-order chi connectivity index (χ0) is 22.8. The number of carbonyl (C=O) groups excluding carboxylic acids is 1. The van der Waals surface area contributed by atoms with Gasteiger partial charge in [-0.15, -0.1) is 0 Å². The average Bonchev–Trinajstić information content (AvgIpc) is 2.79. The van der Waals surface area contributed by atoms with Gasteiger partial charge in [0.2, 0.25) is 0 Å². The van der Waals surface area contributed by atoms with Gasteiger partial charge in [0.05, 0.1) is 28.0 Å². The van der Waals surface area contributed by atoms with E-state index >= 15 is 0 Å². The average molecular weight is 438 g/mol. The van der Waals surface area contributed by atoms with Crippen LogP contribution in [0.2, 0.25) is 0 Å². The summed E-state index contributed by atoms with van der Waals surface area (Å²) in [6.45, 7) is 7.96. The van der Waals surface area contributed by atoms with E-state index < -0.39 is 5.69 Å². The van der Waals surface area contributed by atoms with Crippen molar-refractivity contribution in [3.63, 3.8) is 0 Å². The van der Waals surface area contributed by atoms with Crippen LogP contribution in [0.15, 0.2) is 34.0 Å². The highest BCUT2D eigenvalue weighted by atomic mass is 16.2. The number of aromatic amines is 1. The number of anilines is 1. The van der Waals surface area contributed by atoms with Crippen molar-refractivity contribution in [1.82, 2.24) is 29.7 Å². The first-order chi connectivity index (χ1) is 15.4. The van der Waals surface area contributed by atoms with Gasteiger partial charge < -0.3 is 15.2 Å². The molecule has 1 saturated heterocycles. The second-order valence-electron chi connectivity index (χ2n) is 7.84. The maximum absolute atomic E-state index is 12.4. The second kappa shape index (κ2) is 8.91. The molecule has 0 atom stereocenters. The van der Waals surface area contributed by atoms with Crippen LogP contribution in [0.4, 0.5) is 5.69 Å². The fourth-order valence-corrected chi connectivity index (χ4v) is 4.08. The van der Waals surface area contributed by atoms with Crippen molar-refractivity contribution in [1.29, 1.82) is 0 Å². The number of H-pyrrole nitrogens is 1. The predicted octanol–water partition coefficient (Wildman–Crippen LogP) is 0.490. The van der Waals surface area contributed by atoms with E-state index in [0.717, 1.165) is 43.3 Å². The Labute approximate surface area is 184 Å². The van der Waals surface area contributed by atoms with Crippen LogP contribution >= 0.6 is 0 Å². The highest BCUT2D eigenvalue weighted by molar-refractivity contribution is 5.92. The van der Waals surface area contributed by atoms with Gasteiger partial charge in [-0.25, -0.2) is 9.78 Å². The minimum Gasteiger partial charge on any atom is -0.368 e. The van der Waals surface area contributed by atoms with E-state index in [1.165, 1.54) is 4.57 Å². The number of rotatable bonds is 5. The number of aryl methyl sites for hydroxylation is 1. The first kappa shape index (κ1) is 21.7. The third-order valence-electron chi connectivity index (χ3n) is 5.86. The molecule has 3 aromatic rings. The number of hydrogen-bond acceptors (Lipinski definition) is 7. The van der Waals surface area contributed by atoms with Gasteiger partial charge in [0.15, 0.2) is 0 Å². The van der Waals surface area contributed by atoms with Crippen LogP contribution in [0.25, 0.3) is 10.9 Å². The summed E-state index contributed by atoms with van der Waals surface area (Å²) in [5.41, 5.74) is 2.89. The fraction of sp³-hybridized carbons (Fsp3) is 0.409. The lowest BCUT2D eigenvalue weighted by molar-refractivity contribution is 0.0958. The van der Waals surface area contributed by atoms with E-state index in [0.29, 0.717) is 29.7 Å². The summed E-state index contributed by atoms with van der Waals surface area (Å²) in [4.78, 5) is 52.5. The molecule has 10 heteroatoms. The molecule has 4 heterocycles. The van der Waals surface area contributed by atoms with Gasteiger partial charge in [0.25, 0.3) is 11.5 Å². The van der Waals surface area contributed by atoms with E-state index in [2.05, 4.69) is 30.1 Å². The Morgan fingerprint density at radius 1 is 1.19 bits per heavy atom. The number of piperazine rings is 1. The molecule has 3 aromatic heterocycles. The largest absolute Gasteiger partial charge is 0.368 e. The van der Waals surface area contributed by atoms with Crippen molar-refractivity contribution in [2.75, 3.05) is 38.1 Å². The van der Waals surface area contributed by atoms with Crippen LogP contribution in [0, 0.1) is 6.92 Å². The minimum absolute atomic E-state index is 0.192. The van der Waals surface area contributed by atoms with Crippen LogP contribution < -0.4 is 21.5 Å². The molecule has 0 bridgehead atoms. The molecule has 0 aromatic carbocycles. The lowest BCUT2D eigenvalue weighted by atomic mass is 10.2. The molecule has 1 amide bonds. The molecule has 0 radical (unpaired) electrons. The smallest absolute Gasteiger partial charge is 0.328 e. The Hall–Kier alpha value is -3.53. The van der Waals surface area contributed by atoms with Gasteiger partial charge in [-0.2, -0.15) is 0 Å². The Balaban J connectivity index is 1.44. The molecular weight excluding hydrogens is 410 g/mol. The zero-order valence-electron chi connectivity index (χ0n) is 18.5. The van der Waals surface area contributed by atoms with Crippen LogP contribution in [-0.4, -0.2) is 63.6 Å². The van der Waals surface area contributed by atoms with Crippen LogP contribution in [0.3, 0.4) is 0 Å². The SMILES string of the molecule is CCn1c(=O)[nH]c2cc(CN3CCN(c4ccc(C(=O)NC)nc4C)CC3)ncc2c1=O. The highest BCUT2D eigenvalue weighted by Gasteiger charge is 2.20. The molecule has 4 rings (SSSR count). The van der Waals surface area contributed by atoms with Crippen LogP contribution in [0.1, 0.15) is 28.8 Å². The molecule has 0 saturated carbocycles. The molecule has 1 fully saturated rings. The van der Waals surface area contributed by atoms with Gasteiger partial charge in [-0.3, -0.25) is 24.0 Å². The van der Waals surface area contributed by atoms with Gasteiger partial charge in [-0.1, -0.05) is 0 Å². The van der Waals surface area contributed by atoms with E-state index in [1.807, 2.05) is 13.0 Å². The number of fused-ring (bicyclic) bond motifs is 1. The first-order valence-corrected chi connectivity index (χ1v) is 10.7. The number of aromatic nitrogens is 4. The number of hydrogen-bond donors (Lipinski definition) is 2. The first-order valence-electron chi connectivity index (χ1n) is 10.7. The van der Waals surface area contributed by atoms with E-state index in [4.69, 9.17) is 0 Å². The Morgan fingerprint density at radius 3 is 2.59 bits per heavy atom. The minimum atomic E-state index is -0.401. The predicted molar refractivity (Wildman–Crippen MR) is 122 cm³/mol. The third-order valence-corrected chi connectivity index (χ3v) is 5.86. The van der Waals surface area contributed by atoms with Crippen molar-refractivity contribution in [2.24, 2.45) is 0 Å². The molecule has 0 aliphatic carbocycles. The lowest BCUT2D eigenvalue weighted by Gasteiger charge is -2.36. The number of nitrogens with one attached hydrogen (secondary N) is 2. The third kappa shape index (κ3) is 4.13.